The second kappa shape index (κ2) is 4.75. The van der Waals surface area contributed by atoms with E-state index in [1.807, 2.05) is 45.0 Å². The molecule has 1 aromatic carbocycles. The molecular weight excluding hydrogens is 296 g/mol. The van der Waals surface area contributed by atoms with Gasteiger partial charge in [0.1, 0.15) is 0 Å². The van der Waals surface area contributed by atoms with Gasteiger partial charge in [-0.3, -0.25) is 4.79 Å². The molecule has 0 saturated carbocycles. The maximum absolute atomic E-state index is 12.4. The SMILES string of the molecule is Cc1ccc(C)c(C(=O)c2cc(Br)c(C)s2)c1. The topological polar surface area (TPSA) is 17.1 Å². The number of thiophene rings is 1. The monoisotopic (exact) mass is 308 g/mol. The first kappa shape index (κ1) is 12.5. The van der Waals surface area contributed by atoms with Crippen LogP contribution in [0.25, 0.3) is 0 Å². The number of aryl methyl sites for hydroxylation is 3. The molecule has 1 aromatic heterocycles. The van der Waals surface area contributed by atoms with Crippen molar-refractivity contribution in [3.05, 3.63) is 55.2 Å². The number of carbonyl (C=O) groups is 1. The normalized spacial score (nSPS) is 10.6. The van der Waals surface area contributed by atoms with Gasteiger partial charge in [-0.15, -0.1) is 11.3 Å². The van der Waals surface area contributed by atoms with Crippen LogP contribution in [0, 0.1) is 20.8 Å². The van der Waals surface area contributed by atoms with Gasteiger partial charge in [0.15, 0.2) is 0 Å². The van der Waals surface area contributed by atoms with Crippen LogP contribution in [-0.2, 0) is 0 Å². The van der Waals surface area contributed by atoms with E-state index in [2.05, 4.69) is 15.9 Å². The standard InChI is InChI=1S/C14H13BrOS/c1-8-4-5-9(2)11(6-8)14(16)13-7-12(15)10(3)17-13/h4-7H,1-3H3. The molecular formula is C14H13BrOS. The lowest BCUT2D eigenvalue weighted by Gasteiger charge is -2.04. The van der Waals surface area contributed by atoms with Crippen molar-refractivity contribution >= 4 is 33.0 Å². The molecule has 88 valence electrons. The van der Waals surface area contributed by atoms with Gasteiger partial charge in [0.25, 0.3) is 0 Å². The van der Waals surface area contributed by atoms with E-state index in [0.29, 0.717) is 0 Å². The third-order valence-electron chi connectivity index (χ3n) is 2.72. The third-order valence-corrected chi connectivity index (χ3v) is 4.85. The lowest BCUT2D eigenvalue weighted by Crippen LogP contribution is -2.01. The maximum Gasteiger partial charge on any atom is 0.203 e. The van der Waals surface area contributed by atoms with Gasteiger partial charge in [0, 0.05) is 14.9 Å². The summed E-state index contributed by atoms with van der Waals surface area (Å²) >= 11 is 4.98. The fraction of sp³-hybridized carbons (Fsp3) is 0.214. The summed E-state index contributed by atoms with van der Waals surface area (Å²) in [5, 5.41) is 0. The summed E-state index contributed by atoms with van der Waals surface area (Å²) in [4.78, 5) is 14.3. The maximum atomic E-state index is 12.4. The molecule has 0 bridgehead atoms. The molecule has 0 amide bonds. The van der Waals surface area contributed by atoms with Gasteiger partial charge in [0.2, 0.25) is 5.78 Å². The highest BCUT2D eigenvalue weighted by atomic mass is 79.9. The summed E-state index contributed by atoms with van der Waals surface area (Å²) < 4.78 is 1.01. The van der Waals surface area contributed by atoms with Gasteiger partial charge in [-0.25, -0.2) is 0 Å². The van der Waals surface area contributed by atoms with Crippen LogP contribution in [0.3, 0.4) is 0 Å². The molecule has 1 nitrogen and oxygen atoms in total. The number of halogens is 1. The van der Waals surface area contributed by atoms with Crippen LogP contribution in [-0.4, -0.2) is 5.78 Å². The van der Waals surface area contributed by atoms with Gasteiger partial charge in [0.05, 0.1) is 4.88 Å². The highest BCUT2D eigenvalue weighted by Crippen LogP contribution is 2.28. The molecule has 17 heavy (non-hydrogen) atoms. The van der Waals surface area contributed by atoms with Crippen molar-refractivity contribution in [2.45, 2.75) is 20.8 Å². The zero-order chi connectivity index (χ0) is 12.6. The molecule has 2 aromatic rings. The molecule has 0 unspecified atom stereocenters. The first-order valence-electron chi connectivity index (χ1n) is 5.37. The van der Waals surface area contributed by atoms with Crippen molar-refractivity contribution in [3.63, 3.8) is 0 Å². The summed E-state index contributed by atoms with van der Waals surface area (Å²) in [7, 11) is 0. The number of benzene rings is 1. The first-order valence-corrected chi connectivity index (χ1v) is 6.98. The Labute approximate surface area is 114 Å². The van der Waals surface area contributed by atoms with Gasteiger partial charge in [-0.05, 0) is 54.4 Å². The van der Waals surface area contributed by atoms with E-state index in [4.69, 9.17) is 0 Å². The third kappa shape index (κ3) is 2.50. The van der Waals surface area contributed by atoms with Crippen LogP contribution in [0.4, 0.5) is 0 Å². The van der Waals surface area contributed by atoms with Crippen LogP contribution >= 0.6 is 27.3 Å². The van der Waals surface area contributed by atoms with Crippen molar-refractivity contribution in [3.8, 4) is 0 Å². The molecule has 1 heterocycles. The van der Waals surface area contributed by atoms with Crippen molar-refractivity contribution in [2.24, 2.45) is 0 Å². The molecule has 0 saturated heterocycles. The largest absolute Gasteiger partial charge is 0.288 e. The lowest BCUT2D eigenvalue weighted by atomic mass is 10.0. The Morgan fingerprint density at radius 2 is 1.88 bits per heavy atom. The Morgan fingerprint density at radius 3 is 2.47 bits per heavy atom. The van der Waals surface area contributed by atoms with E-state index in [-0.39, 0.29) is 5.78 Å². The van der Waals surface area contributed by atoms with Crippen LogP contribution in [0.1, 0.15) is 31.2 Å². The van der Waals surface area contributed by atoms with Crippen LogP contribution in [0.15, 0.2) is 28.7 Å². The summed E-state index contributed by atoms with van der Waals surface area (Å²) in [6, 6.07) is 7.89. The Bertz CT molecular complexity index is 564. The van der Waals surface area contributed by atoms with Crippen molar-refractivity contribution in [1.29, 1.82) is 0 Å². The van der Waals surface area contributed by atoms with Crippen molar-refractivity contribution < 1.29 is 4.79 Å². The summed E-state index contributed by atoms with van der Waals surface area (Å²) in [6.45, 7) is 5.99. The zero-order valence-electron chi connectivity index (χ0n) is 10.0. The molecule has 0 N–H and O–H groups in total. The number of carbonyl (C=O) groups excluding carboxylic acids is 1. The average molecular weight is 309 g/mol. The van der Waals surface area contributed by atoms with Gasteiger partial charge < -0.3 is 0 Å². The Hall–Kier alpha value is -0.930. The lowest BCUT2D eigenvalue weighted by molar-refractivity contribution is 0.104. The Kier molecular flexibility index (Phi) is 3.50. The summed E-state index contributed by atoms with van der Waals surface area (Å²) in [5.74, 6) is 0.116. The molecule has 0 aliphatic rings. The highest BCUT2D eigenvalue weighted by Gasteiger charge is 2.15. The smallest absolute Gasteiger partial charge is 0.203 e. The van der Waals surface area contributed by atoms with E-state index in [1.165, 1.54) is 11.3 Å². The average Bonchev–Trinajstić information content (AvgIpc) is 2.62. The zero-order valence-corrected chi connectivity index (χ0v) is 12.4. The van der Waals surface area contributed by atoms with E-state index >= 15 is 0 Å². The molecule has 3 heteroatoms. The number of hydrogen-bond acceptors (Lipinski definition) is 2. The summed E-state index contributed by atoms with van der Waals surface area (Å²) in [6.07, 6.45) is 0. The van der Waals surface area contributed by atoms with Gasteiger partial charge >= 0.3 is 0 Å². The van der Waals surface area contributed by atoms with E-state index < -0.39 is 0 Å². The second-order valence-corrected chi connectivity index (χ2v) is 6.27. The molecule has 2 rings (SSSR count). The van der Waals surface area contributed by atoms with Crippen molar-refractivity contribution in [2.75, 3.05) is 0 Å². The van der Waals surface area contributed by atoms with Gasteiger partial charge in [-0.2, -0.15) is 0 Å². The minimum absolute atomic E-state index is 0.116. The van der Waals surface area contributed by atoms with Crippen LogP contribution in [0.2, 0.25) is 0 Å². The highest BCUT2D eigenvalue weighted by molar-refractivity contribution is 9.10. The van der Waals surface area contributed by atoms with E-state index in [0.717, 1.165) is 30.9 Å². The van der Waals surface area contributed by atoms with Gasteiger partial charge in [-0.1, -0.05) is 17.7 Å². The predicted molar refractivity (Wildman–Crippen MR) is 76.1 cm³/mol. The summed E-state index contributed by atoms with van der Waals surface area (Å²) in [5.41, 5.74) is 2.95. The minimum atomic E-state index is 0.116. The predicted octanol–water partition coefficient (Wildman–Crippen LogP) is 4.67. The van der Waals surface area contributed by atoms with E-state index in [9.17, 15) is 4.79 Å². The molecule has 0 atom stereocenters. The fourth-order valence-electron chi connectivity index (χ4n) is 1.68. The van der Waals surface area contributed by atoms with Crippen molar-refractivity contribution in [1.82, 2.24) is 0 Å². The quantitative estimate of drug-likeness (QED) is 0.737. The molecule has 0 fully saturated rings. The molecule has 0 aliphatic carbocycles. The Morgan fingerprint density at radius 1 is 1.18 bits per heavy atom. The first-order chi connectivity index (χ1) is 7.99. The van der Waals surface area contributed by atoms with E-state index in [1.54, 1.807) is 0 Å². The molecule has 0 radical (unpaired) electrons. The molecule has 0 spiro atoms. The van der Waals surface area contributed by atoms with Crippen LogP contribution < -0.4 is 0 Å². The van der Waals surface area contributed by atoms with Crippen LogP contribution in [0.5, 0.6) is 0 Å². The Balaban J connectivity index is 2.47. The second-order valence-electron chi connectivity index (χ2n) is 4.16. The molecule has 0 aliphatic heterocycles. The fourth-order valence-corrected chi connectivity index (χ4v) is 3.17. The number of rotatable bonds is 2. The minimum Gasteiger partial charge on any atom is -0.288 e. The number of ketones is 1. The number of hydrogen-bond donors (Lipinski definition) is 0.